The number of carbonyl (C=O) groups excluding carboxylic acids is 1. The van der Waals surface area contributed by atoms with Crippen molar-refractivity contribution in [3.63, 3.8) is 0 Å². The van der Waals surface area contributed by atoms with E-state index in [1.807, 2.05) is 18.2 Å². The first-order valence-electron chi connectivity index (χ1n) is 5.90. The van der Waals surface area contributed by atoms with Crippen molar-refractivity contribution < 1.29 is 14.3 Å². The van der Waals surface area contributed by atoms with E-state index in [0.29, 0.717) is 6.61 Å². The summed E-state index contributed by atoms with van der Waals surface area (Å²) >= 11 is 0. The topological polar surface area (TPSA) is 47.6 Å². The van der Waals surface area contributed by atoms with Crippen LogP contribution in [0.1, 0.15) is 18.1 Å². The zero-order chi connectivity index (χ0) is 12.1. The van der Waals surface area contributed by atoms with Gasteiger partial charge >= 0.3 is 5.97 Å². The number of rotatable bonds is 4. The van der Waals surface area contributed by atoms with Gasteiger partial charge in [0.1, 0.15) is 5.75 Å². The van der Waals surface area contributed by atoms with Crippen molar-refractivity contribution in [3.8, 4) is 5.75 Å². The van der Waals surface area contributed by atoms with Crippen LogP contribution in [0.4, 0.5) is 0 Å². The molecule has 0 aromatic heterocycles. The Kier molecular flexibility index (Phi) is 3.98. The summed E-state index contributed by atoms with van der Waals surface area (Å²) in [5.74, 6) is 0.408. The number of carbonyl (C=O) groups is 1. The van der Waals surface area contributed by atoms with E-state index in [1.165, 1.54) is 11.1 Å². The van der Waals surface area contributed by atoms with Crippen molar-refractivity contribution in [1.82, 2.24) is 5.32 Å². The highest BCUT2D eigenvalue weighted by atomic mass is 16.6. The lowest BCUT2D eigenvalue weighted by atomic mass is 10.0. The highest BCUT2D eigenvalue weighted by molar-refractivity contribution is 5.71. The summed E-state index contributed by atoms with van der Waals surface area (Å²) in [6, 6.07) is 5.95. The molecular formula is C13H17NO3. The van der Waals surface area contributed by atoms with Gasteiger partial charge in [0.25, 0.3) is 0 Å². The predicted octanol–water partition coefficient (Wildman–Crippen LogP) is 1.27. The average Bonchev–Trinajstić information content (AvgIpc) is 2.36. The van der Waals surface area contributed by atoms with Gasteiger partial charge in [-0.15, -0.1) is 0 Å². The summed E-state index contributed by atoms with van der Waals surface area (Å²) < 4.78 is 10.2. The highest BCUT2D eigenvalue weighted by Crippen LogP contribution is 2.20. The van der Waals surface area contributed by atoms with Crippen LogP contribution in [-0.4, -0.2) is 25.7 Å². The van der Waals surface area contributed by atoms with Crippen LogP contribution < -0.4 is 10.1 Å². The van der Waals surface area contributed by atoms with Crippen molar-refractivity contribution in [2.45, 2.75) is 19.9 Å². The second-order valence-corrected chi connectivity index (χ2v) is 3.95. The van der Waals surface area contributed by atoms with Gasteiger partial charge in [-0.05, 0) is 43.1 Å². The lowest BCUT2D eigenvalue weighted by Gasteiger charge is -2.17. The van der Waals surface area contributed by atoms with Gasteiger partial charge in [-0.1, -0.05) is 6.07 Å². The molecule has 1 aromatic carbocycles. The number of benzene rings is 1. The molecule has 0 atom stereocenters. The lowest BCUT2D eigenvalue weighted by Crippen LogP contribution is -2.23. The molecule has 1 aliphatic heterocycles. The van der Waals surface area contributed by atoms with E-state index in [2.05, 4.69) is 5.32 Å². The average molecular weight is 235 g/mol. The van der Waals surface area contributed by atoms with Crippen LogP contribution in [-0.2, 0) is 22.5 Å². The molecule has 0 fully saturated rings. The molecule has 0 unspecified atom stereocenters. The van der Waals surface area contributed by atoms with Crippen LogP contribution in [0.2, 0.25) is 0 Å². The Morgan fingerprint density at radius 2 is 2.29 bits per heavy atom. The minimum absolute atomic E-state index is 0.0229. The van der Waals surface area contributed by atoms with Crippen molar-refractivity contribution in [2.24, 2.45) is 0 Å². The van der Waals surface area contributed by atoms with Crippen LogP contribution in [0.3, 0.4) is 0 Å². The van der Waals surface area contributed by atoms with Crippen LogP contribution in [0.15, 0.2) is 18.2 Å². The first-order valence-corrected chi connectivity index (χ1v) is 5.90. The van der Waals surface area contributed by atoms with Gasteiger partial charge < -0.3 is 14.8 Å². The van der Waals surface area contributed by atoms with E-state index < -0.39 is 0 Å². The van der Waals surface area contributed by atoms with E-state index in [1.54, 1.807) is 6.92 Å². The molecule has 4 nitrogen and oxygen atoms in total. The van der Waals surface area contributed by atoms with Crippen LogP contribution in [0.5, 0.6) is 5.75 Å². The highest BCUT2D eigenvalue weighted by Gasteiger charge is 2.10. The fourth-order valence-corrected chi connectivity index (χ4v) is 1.89. The van der Waals surface area contributed by atoms with Gasteiger partial charge in [-0.25, -0.2) is 4.79 Å². The van der Waals surface area contributed by atoms with E-state index in [9.17, 15) is 4.79 Å². The third kappa shape index (κ3) is 3.20. The van der Waals surface area contributed by atoms with Crippen molar-refractivity contribution in [3.05, 3.63) is 29.3 Å². The fraction of sp³-hybridized carbons (Fsp3) is 0.462. The predicted molar refractivity (Wildman–Crippen MR) is 64.0 cm³/mol. The Hall–Kier alpha value is -1.55. The van der Waals surface area contributed by atoms with Gasteiger partial charge in [0, 0.05) is 6.54 Å². The van der Waals surface area contributed by atoms with Crippen LogP contribution in [0, 0.1) is 0 Å². The number of esters is 1. The Balaban J connectivity index is 1.95. The van der Waals surface area contributed by atoms with Gasteiger partial charge in [0.2, 0.25) is 0 Å². The normalized spacial score (nSPS) is 13.9. The fourth-order valence-electron chi connectivity index (χ4n) is 1.89. The Morgan fingerprint density at radius 3 is 3.12 bits per heavy atom. The number of hydrogen-bond donors (Lipinski definition) is 1. The standard InChI is InChI=1S/C13H17NO3/c1-2-16-13(15)9-17-12-4-3-11-8-14-6-5-10(11)7-12/h3-4,7,14H,2,5-6,8-9H2,1H3. The first-order chi connectivity index (χ1) is 8.29. The van der Waals surface area contributed by atoms with Gasteiger partial charge in [-0.3, -0.25) is 0 Å². The summed E-state index contributed by atoms with van der Waals surface area (Å²) in [4.78, 5) is 11.1. The van der Waals surface area contributed by atoms with E-state index >= 15 is 0 Å². The van der Waals surface area contributed by atoms with E-state index in [-0.39, 0.29) is 12.6 Å². The van der Waals surface area contributed by atoms with Crippen LogP contribution >= 0.6 is 0 Å². The molecule has 1 aromatic rings. The Bertz CT molecular complexity index is 404. The monoisotopic (exact) mass is 235 g/mol. The van der Waals surface area contributed by atoms with Crippen LogP contribution in [0.25, 0.3) is 0 Å². The minimum Gasteiger partial charge on any atom is -0.482 e. The Morgan fingerprint density at radius 1 is 1.41 bits per heavy atom. The molecule has 0 saturated carbocycles. The van der Waals surface area contributed by atoms with Gasteiger partial charge in [0.15, 0.2) is 6.61 Å². The van der Waals surface area contributed by atoms with Crippen molar-refractivity contribution >= 4 is 5.97 Å². The second kappa shape index (κ2) is 5.68. The molecule has 0 spiro atoms. The summed E-state index contributed by atoms with van der Waals surface area (Å²) in [7, 11) is 0. The zero-order valence-electron chi connectivity index (χ0n) is 9.99. The van der Waals surface area contributed by atoms with Gasteiger partial charge in [0.05, 0.1) is 6.61 Å². The molecular weight excluding hydrogens is 218 g/mol. The zero-order valence-corrected chi connectivity index (χ0v) is 9.99. The second-order valence-electron chi connectivity index (χ2n) is 3.95. The molecule has 0 radical (unpaired) electrons. The van der Waals surface area contributed by atoms with Crippen molar-refractivity contribution in [2.75, 3.05) is 19.8 Å². The maximum absolute atomic E-state index is 11.1. The SMILES string of the molecule is CCOC(=O)COc1ccc2c(c1)CCNC2. The molecule has 1 aliphatic rings. The lowest BCUT2D eigenvalue weighted by molar-refractivity contribution is -0.145. The smallest absolute Gasteiger partial charge is 0.344 e. The molecule has 17 heavy (non-hydrogen) atoms. The first kappa shape index (κ1) is 11.9. The third-order valence-electron chi connectivity index (χ3n) is 2.73. The molecule has 1 N–H and O–H groups in total. The number of hydrogen-bond acceptors (Lipinski definition) is 4. The Labute approximate surface area is 101 Å². The summed E-state index contributed by atoms with van der Waals surface area (Å²) in [5, 5.41) is 3.31. The quantitative estimate of drug-likeness (QED) is 0.798. The maximum Gasteiger partial charge on any atom is 0.344 e. The molecule has 0 bridgehead atoms. The van der Waals surface area contributed by atoms with E-state index in [4.69, 9.17) is 9.47 Å². The van der Waals surface area contributed by atoms with E-state index in [0.717, 1.165) is 25.3 Å². The summed E-state index contributed by atoms with van der Waals surface area (Å²) in [5.41, 5.74) is 2.60. The third-order valence-corrected chi connectivity index (χ3v) is 2.73. The van der Waals surface area contributed by atoms with Crippen molar-refractivity contribution in [1.29, 1.82) is 0 Å². The molecule has 0 saturated heterocycles. The number of ether oxygens (including phenoxy) is 2. The minimum atomic E-state index is -0.327. The number of nitrogens with one attached hydrogen (secondary N) is 1. The summed E-state index contributed by atoms with van der Waals surface area (Å²) in [6.07, 6.45) is 1.01. The largest absolute Gasteiger partial charge is 0.482 e. The molecule has 0 aliphatic carbocycles. The summed E-state index contributed by atoms with van der Waals surface area (Å²) in [6.45, 7) is 4.05. The molecule has 4 heteroatoms. The molecule has 1 heterocycles. The molecule has 92 valence electrons. The molecule has 2 rings (SSSR count). The number of fused-ring (bicyclic) bond motifs is 1. The molecule has 0 amide bonds. The van der Waals surface area contributed by atoms with Gasteiger partial charge in [-0.2, -0.15) is 0 Å². The maximum atomic E-state index is 11.1.